The van der Waals surface area contributed by atoms with Crippen LogP contribution in [0.3, 0.4) is 0 Å². The fraction of sp³-hybridized carbons (Fsp3) is 0.533. The second-order valence-corrected chi connectivity index (χ2v) is 11.3. The Morgan fingerprint density at radius 2 is 1.77 bits per heavy atom. The number of hydrogen-bond acceptors (Lipinski definition) is 7. The lowest BCUT2D eigenvalue weighted by molar-refractivity contribution is 0.0815. The van der Waals surface area contributed by atoms with Gasteiger partial charge in [-0.2, -0.15) is 5.10 Å². The third-order valence-electron chi connectivity index (χ3n) is 8.83. The lowest BCUT2D eigenvalue weighted by Gasteiger charge is -2.41. The van der Waals surface area contributed by atoms with E-state index in [1.807, 2.05) is 16.8 Å². The second kappa shape index (κ2) is 11.1. The molecule has 0 atom stereocenters. The molecule has 0 radical (unpaired) electrons. The van der Waals surface area contributed by atoms with Gasteiger partial charge in [-0.3, -0.25) is 9.89 Å². The number of aromatic nitrogens is 4. The third kappa shape index (κ3) is 5.34. The first-order chi connectivity index (χ1) is 19.0. The molecule has 8 nitrogen and oxygen atoms in total. The van der Waals surface area contributed by atoms with E-state index >= 15 is 4.39 Å². The Morgan fingerprint density at radius 1 is 1.00 bits per heavy atom. The van der Waals surface area contributed by atoms with E-state index in [9.17, 15) is 0 Å². The molecule has 1 aromatic carbocycles. The van der Waals surface area contributed by atoms with Gasteiger partial charge in [0.25, 0.3) is 0 Å². The summed E-state index contributed by atoms with van der Waals surface area (Å²) < 4.78 is 17.3. The van der Waals surface area contributed by atoms with Crippen molar-refractivity contribution in [2.24, 2.45) is 4.99 Å². The van der Waals surface area contributed by atoms with Crippen molar-refractivity contribution < 1.29 is 4.39 Å². The second-order valence-electron chi connectivity index (χ2n) is 11.3. The number of nitrogens with zero attached hydrogens (tertiary/aromatic N) is 7. The number of nitrogen functional groups attached to an aromatic ring is 1. The zero-order valence-corrected chi connectivity index (χ0v) is 23.1. The number of aliphatic imine (C=N–C) groups is 1. The van der Waals surface area contributed by atoms with Gasteiger partial charge < -0.3 is 10.6 Å². The topological polar surface area (TPSA) is 88.5 Å². The Morgan fingerprint density at radius 3 is 2.49 bits per heavy atom. The summed E-state index contributed by atoms with van der Waals surface area (Å²) in [4.78, 5) is 18.6. The molecular weight excluding hydrogens is 491 g/mol. The molecule has 9 heteroatoms. The number of rotatable bonds is 7. The Hall–Kier alpha value is -3.17. The lowest BCUT2D eigenvalue weighted by Crippen LogP contribution is -2.49. The van der Waals surface area contributed by atoms with Gasteiger partial charge in [-0.05, 0) is 63.6 Å². The summed E-state index contributed by atoms with van der Waals surface area (Å²) in [7, 11) is 2.20. The molecule has 1 aliphatic carbocycles. The highest BCUT2D eigenvalue weighted by molar-refractivity contribution is 5.98. The Kier molecular flexibility index (Phi) is 7.44. The number of likely N-dealkylation sites (N-methyl/N-ethyl adjacent to an activating group) is 1. The Balaban J connectivity index is 1.21. The van der Waals surface area contributed by atoms with Crippen molar-refractivity contribution in [1.29, 1.82) is 0 Å². The molecule has 0 unspecified atom stereocenters. The molecule has 2 fully saturated rings. The van der Waals surface area contributed by atoms with Crippen molar-refractivity contribution in [1.82, 2.24) is 29.5 Å². The van der Waals surface area contributed by atoms with Gasteiger partial charge in [0, 0.05) is 55.6 Å². The fourth-order valence-corrected chi connectivity index (χ4v) is 6.39. The highest BCUT2D eigenvalue weighted by atomic mass is 19.1. The smallest absolute Gasteiger partial charge is 0.164 e. The van der Waals surface area contributed by atoms with Crippen molar-refractivity contribution in [2.45, 2.75) is 70.4 Å². The van der Waals surface area contributed by atoms with Crippen LogP contribution in [-0.2, 0) is 6.42 Å². The summed E-state index contributed by atoms with van der Waals surface area (Å²) in [6.45, 7) is 6.70. The Labute approximate surface area is 229 Å². The van der Waals surface area contributed by atoms with E-state index in [2.05, 4.69) is 44.8 Å². The average Bonchev–Trinajstić information content (AvgIpc) is 3.59. The van der Waals surface area contributed by atoms with E-state index in [4.69, 9.17) is 10.8 Å². The van der Waals surface area contributed by atoms with Gasteiger partial charge in [0.15, 0.2) is 5.65 Å². The minimum absolute atomic E-state index is 0.222. The fourth-order valence-electron chi connectivity index (χ4n) is 6.39. The maximum absolute atomic E-state index is 15.3. The van der Waals surface area contributed by atoms with Gasteiger partial charge in [0.05, 0.1) is 11.4 Å². The van der Waals surface area contributed by atoms with Crippen LogP contribution >= 0.6 is 0 Å². The van der Waals surface area contributed by atoms with Gasteiger partial charge in [0.2, 0.25) is 0 Å². The number of hydrogen-bond donors (Lipinski definition) is 1. The van der Waals surface area contributed by atoms with E-state index in [0.717, 1.165) is 88.2 Å². The minimum atomic E-state index is -0.222. The number of fused-ring (bicyclic) bond motifs is 1. The number of nitrogens with two attached hydrogens (primary N) is 1. The lowest BCUT2D eigenvalue weighted by atomic mass is 9.90. The largest absolute Gasteiger partial charge is 0.383 e. The summed E-state index contributed by atoms with van der Waals surface area (Å²) in [5.41, 5.74) is 11.4. The maximum Gasteiger partial charge on any atom is 0.164 e. The standard InChI is InChI=1S/C30H39FN8/c1-3-22-8-9-23(35-22)7-6-20-4-5-21(18-26(20)31)28-27-29(32)33-19-34-30(27)39(36-28)25-12-10-24(11-13-25)38-16-14-37(2)15-17-38/h4-5,8,18-19,24-25H,3,6-7,9-17H2,1-2H3,(H2,32,33,34). The van der Waals surface area contributed by atoms with Gasteiger partial charge >= 0.3 is 0 Å². The van der Waals surface area contributed by atoms with Crippen LogP contribution < -0.4 is 5.73 Å². The number of piperazine rings is 1. The van der Waals surface area contributed by atoms with Crippen LogP contribution in [0.5, 0.6) is 0 Å². The highest BCUT2D eigenvalue weighted by Crippen LogP contribution is 2.37. The first kappa shape index (κ1) is 26.1. The number of halogens is 1. The normalized spacial score (nSPS) is 22.8. The summed E-state index contributed by atoms with van der Waals surface area (Å²) in [5.74, 6) is 0.163. The van der Waals surface area contributed by atoms with Crippen LogP contribution in [0.15, 0.2) is 41.3 Å². The van der Waals surface area contributed by atoms with Crippen molar-refractivity contribution in [3.05, 3.63) is 47.7 Å². The first-order valence-corrected chi connectivity index (χ1v) is 14.5. The zero-order valence-electron chi connectivity index (χ0n) is 23.1. The van der Waals surface area contributed by atoms with Gasteiger partial charge in [-0.15, -0.1) is 0 Å². The number of anilines is 1. The molecule has 1 saturated heterocycles. The van der Waals surface area contributed by atoms with Crippen LogP contribution in [0.1, 0.15) is 63.5 Å². The molecule has 0 bridgehead atoms. The van der Waals surface area contributed by atoms with E-state index in [1.54, 1.807) is 6.07 Å². The summed E-state index contributed by atoms with van der Waals surface area (Å²) in [5, 5.41) is 5.72. The van der Waals surface area contributed by atoms with Crippen molar-refractivity contribution >= 4 is 22.6 Å². The van der Waals surface area contributed by atoms with E-state index in [0.29, 0.717) is 40.5 Å². The monoisotopic (exact) mass is 530 g/mol. The molecule has 2 aliphatic heterocycles. The number of benzene rings is 1. The van der Waals surface area contributed by atoms with Crippen molar-refractivity contribution in [2.75, 3.05) is 39.0 Å². The average molecular weight is 531 g/mol. The van der Waals surface area contributed by atoms with Crippen LogP contribution in [-0.4, -0.2) is 74.5 Å². The van der Waals surface area contributed by atoms with Crippen molar-refractivity contribution in [3.8, 4) is 11.3 Å². The molecule has 206 valence electrons. The molecule has 0 spiro atoms. The number of aryl methyl sites for hydroxylation is 1. The third-order valence-corrected chi connectivity index (χ3v) is 8.83. The molecule has 2 N–H and O–H groups in total. The Bertz CT molecular complexity index is 1390. The molecule has 6 rings (SSSR count). The van der Waals surface area contributed by atoms with E-state index in [-0.39, 0.29) is 11.9 Å². The van der Waals surface area contributed by atoms with E-state index < -0.39 is 0 Å². The van der Waals surface area contributed by atoms with Crippen LogP contribution in [0.4, 0.5) is 10.2 Å². The zero-order chi connectivity index (χ0) is 26.9. The molecule has 0 amide bonds. The summed E-state index contributed by atoms with van der Waals surface area (Å²) in [6.07, 6.45) is 11.3. The molecule has 3 aliphatic rings. The molecule has 3 aromatic rings. The highest BCUT2D eigenvalue weighted by Gasteiger charge is 2.30. The molecule has 4 heterocycles. The summed E-state index contributed by atoms with van der Waals surface area (Å²) >= 11 is 0. The van der Waals surface area contributed by atoms with Gasteiger partial charge in [-0.1, -0.05) is 25.1 Å². The molecule has 1 saturated carbocycles. The summed E-state index contributed by atoms with van der Waals surface area (Å²) in [6, 6.07) is 6.30. The van der Waals surface area contributed by atoms with Crippen molar-refractivity contribution in [3.63, 3.8) is 0 Å². The predicted molar refractivity (Wildman–Crippen MR) is 154 cm³/mol. The first-order valence-electron chi connectivity index (χ1n) is 14.5. The van der Waals surface area contributed by atoms with Crippen LogP contribution in [0.2, 0.25) is 0 Å². The van der Waals surface area contributed by atoms with E-state index in [1.165, 1.54) is 6.33 Å². The predicted octanol–water partition coefficient (Wildman–Crippen LogP) is 5.02. The minimum Gasteiger partial charge on any atom is -0.383 e. The SMILES string of the molecule is CCC1=CCC(CCc2ccc(-c3nn(C4CCC(N5CCN(C)CC5)CC4)c4ncnc(N)c34)cc2F)=N1. The molecular formula is C30H39FN8. The maximum atomic E-state index is 15.3. The molecule has 2 aromatic heterocycles. The van der Waals surface area contributed by atoms with Crippen LogP contribution in [0, 0.1) is 5.82 Å². The van der Waals surface area contributed by atoms with Gasteiger partial charge in [-0.25, -0.2) is 19.0 Å². The quantitative estimate of drug-likeness (QED) is 0.462. The number of allylic oxidation sites excluding steroid dienone is 2. The van der Waals surface area contributed by atoms with Gasteiger partial charge in [0.1, 0.15) is 23.7 Å². The van der Waals surface area contributed by atoms with Crippen LogP contribution in [0.25, 0.3) is 22.3 Å². The molecule has 39 heavy (non-hydrogen) atoms.